The summed E-state index contributed by atoms with van der Waals surface area (Å²) in [6.07, 6.45) is 1.34. The van der Waals surface area contributed by atoms with Crippen LogP contribution in [0.3, 0.4) is 0 Å². The maximum Gasteiger partial charge on any atom is 0.273 e. The molecule has 0 saturated carbocycles. The highest BCUT2D eigenvalue weighted by atomic mass is 16.4. The summed E-state index contributed by atoms with van der Waals surface area (Å²) in [5.41, 5.74) is -0.950. The van der Waals surface area contributed by atoms with Crippen molar-refractivity contribution in [1.82, 2.24) is 19.8 Å². The number of fused-ring (bicyclic) bond motifs is 1. The van der Waals surface area contributed by atoms with Crippen molar-refractivity contribution in [2.24, 2.45) is 0 Å². The quantitative estimate of drug-likeness (QED) is 0.534. The average Bonchev–Trinajstić information content (AvgIpc) is 2.46. The van der Waals surface area contributed by atoms with Gasteiger partial charge in [0.15, 0.2) is 11.3 Å². The zero-order valence-corrected chi connectivity index (χ0v) is 6.22. The van der Waals surface area contributed by atoms with Crippen molar-refractivity contribution in [3.63, 3.8) is 0 Å². The molecule has 2 aromatic heterocycles. The van der Waals surface area contributed by atoms with Gasteiger partial charge in [-0.25, -0.2) is 9.73 Å². The van der Waals surface area contributed by atoms with Crippen LogP contribution in [0.4, 0.5) is 0 Å². The number of hydrogen-bond acceptors (Lipinski definition) is 5. The first-order valence-electron chi connectivity index (χ1n) is 3.33. The van der Waals surface area contributed by atoms with Gasteiger partial charge in [-0.05, 0) is 0 Å². The van der Waals surface area contributed by atoms with Gasteiger partial charge in [-0.2, -0.15) is 10.1 Å². The molecule has 0 saturated heterocycles. The lowest BCUT2D eigenvalue weighted by atomic mass is 10.4. The molecule has 0 unspecified atom stereocenters. The molecule has 0 aliphatic heterocycles. The summed E-state index contributed by atoms with van der Waals surface area (Å²) in [6.45, 7) is 0. The number of nitrogens with zero attached hydrogens (tertiary/aromatic N) is 3. The van der Waals surface area contributed by atoms with Gasteiger partial charge in [-0.15, -0.1) is 0 Å². The van der Waals surface area contributed by atoms with Crippen LogP contribution in [0.5, 0.6) is 0 Å². The lowest BCUT2D eigenvalue weighted by Gasteiger charge is -1.94. The van der Waals surface area contributed by atoms with Crippen LogP contribution in [0.25, 0.3) is 5.65 Å². The third-order valence-corrected chi connectivity index (χ3v) is 1.49. The maximum atomic E-state index is 10.8. The van der Waals surface area contributed by atoms with Crippen LogP contribution >= 0.6 is 0 Å². The first kappa shape index (κ1) is 7.47. The molecule has 7 nitrogen and oxygen atoms in total. The Hall–Kier alpha value is -2.18. The van der Waals surface area contributed by atoms with E-state index in [1.807, 2.05) is 0 Å². The number of carbonyl (C=O) groups is 1. The van der Waals surface area contributed by atoms with Crippen LogP contribution in [0.15, 0.2) is 17.1 Å². The number of rotatable bonds is 1. The molecular formula is C6H3N4O3-. The van der Waals surface area contributed by atoms with Crippen LogP contribution in [0.2, 0.25) is 0 Å². The molecule has 0 aliphatic carbocycles. The van der Waals surface area contributed by atoms with Gasteiger partial charge in [-0.1, -0.05) is 0 Å². The minimum absolute atomic E-state index is 0.0486. The highest BCUT2D eigenvalue weighted by Gasteiger charge is 2.06. The molecule has 2 aromatic rings. The van der Waals surface area contributed by atoms with Crippen LogP contribution in [-0.2, 0) is 0 Å². The number of aromatic carboxylic acids is 1. The fourth-order valence-electron chi connectivity index (χ4n) is 0.943. The second kappa shape index (κ2) is 2.41. The highest BCUT2D eigenvalue weighted by molar-refractivity contribution is 5.90. The second-order valence-corrected chi connectivity index (χ2v) is 2.31. The third-order valence-electron chi connectivity index (χ3n) is 1.49. The molecule has 0 amide bonds. The van der Waals surface area contributed by atoms with Gasteiger partial charge in [0, 0.05) is 12.3 Å². The standard InChI is InChI=1S/C6H4N4O3/c11-3-1-2-10-5(7-3)4(6(12)13)8-9-10/h1-2,9H,(H,12,13)/p-1. The molecule has 0 spiro atoms. The molecule has 13 heavy (non-hydrogen) atoms. The lowest BCUT2D eigenvalue weighted by Crippen LogP contribution is -2.23. The van der Waals surface area contributed by atoms with Crippen LogP contribution < -0.4 is 10.7 Å². The Kier molecular flexibility index (Phi) is 1.38. The summed E-state index contributed by atoms with van der Waals surface area (Å²) >= 11 is 0. The lowest BCUT2D eigenvalue weighted by molar-refractivity contribution is -0.255. The van der Waals surface area contributed by atoms with E-state index in [1.165, 1.54) is 16.8 Å². The topological polar surface area (TPSA) is 103 Å². The van der Waals surface area contributed by atoms with Gasteiger partial charge in [-0.3, -0.25) is 4.79 Å². The molecule has 0 fully saturated rings. The van der Waals surface area contributed by atoms with Crippen molar-refractivity contribution in [1.29, 1.82) is 0 Å². The summed E-state index contributed by atoms with van der Waals surface area (Å²) in [5, 5.41) is 16.2. The van der Waals surface area contributed by atoms with Crippen molar-refractivity contribution in [3.8, 4) is 0 Å². The van der Waals surface area contributed by atoms with Crippen molar-refractivity contribution in [2.45, 2.75) is 0 Å². The van der Waals surface area contributed by atoms with Gasteiger partial charge in [0.05, 0.1) is 5.97 Å². The van der Waals surface area contributed by atoms with E-state index in [-0.39, 0.29) is 11.3 Å². The molecule has 0 bridgehead atoms. The molecular weight excluding hydrogens is 176 g/mol. The van der Waals surface area contributed by atoms with Gasteiger partial charge in [0.25, 0.3) is 5.56 Å². The van der Waals surface area contributed by atoms with Crippen LogP contribution in [0.1, 0.15) is 10.5 Å². The van der Waals surface area contributed by atoms with E-state index in [0.717, 1.165) is 0 Å². The van der Waals surface area contributed by atoms with Crippen molar-refractivity contribution < 1.29 is 9.90 Å². The maximum absolute atomic E-state index is 10.8. The first-order chi connectivity index (χ1) is 6.18. The smallest absolute Gasteiger partial charge is 0.273 e. The van der Waals surface area contributed by atoms with Gasteiger partial charge < -0.3 is 9.90 Å². The molecule has 7 heteroatoms. The predicted molar refractivity (Wildman–Crippen MR) is 37.9 cm³/mol. The minimum atomic E-state index is -1.48. The summed E-state index contributed by atoms with van der Waals surface area (Å²) in [5.74, 6) is -1.48. The number of H-pyrrole nitrogens is 1. The number of aromatic amines is 1. The van der Waals surface area contributed by atoms with Crippen molar-refractivity contribution in [3.05, 3.63) is 28.3 Å². The molecule has 66 valence electrons. The number of nitrogens with one attached hydrogen (secondary N) is 1. The largest absolute Gasteiger partial charge is 0.543 e. The Morgan fingerprint density at radius 1 is 1.62 bits per heavy atom. The Balaban J connectivity index is 2.86. The van der Waals surface area contributed by atoms with E-state index < -0.39 is 11.5 Å². The minimum Gasteiger partial charge on any atom is -0.543 e. The average molecular weight is 179 g/mol. The number of hydrogen-bond donors (Lipinski definition) is 1. The normalized spacial score (nSPS) is 10.5. The summed E-state index contributed by atoms with van der Waals surface area (Å²) in [7, 11) is 0. The van der Waals surface area contributed by atoms with E-state index in [2.05, 4.69) is 15.3 Å². The summed E-state index contributed by atoms with van der Waals surface area (Å²) < 4.78 is 1.21. The zero-order valence-electron chi connectivity index (χ0n) is 6.22. The monoisotopic (exact) mass is 179 g/mol. The molecule has 0 atom stereocenters. The Bertz CT molecular complexity index is 526. The number of aromatic nitrogens is 4. The number of carbonyl (C=O) groups excluding carboxylic acids is 1. The molecule has 0 aromatic carbocycles. The summed E-state index contributed by atoms with van der Waals surface area (Å²) in [4.78, 5) is 24.7. The van der Waals surface area contributed by atoms with E-state index in [0.29, 0.717) is 0 Å². The zero-order chi connectivity index (χ0) is 9.42. The van der Waals surface area contributed by atoms with Gasteiger partial charge >= 0.3 is 0 Å². The van der Waals surface area contributed by atoms with Gasteiger partial charge in [0.1, 0.15) is 0 Å². The van der Waals surface area contributed by atoms with E-state index in [4.69, 9.17) is 0 Å². The first-order valence-corrected chi connectivity index (χ1v) is 3.33. The molecule has 0 radical (unpaired) electrons. The van der Waals surface area contributed by atoms with E-state index in [9.17, 15) is 14.7 Å². The van der Waals surface area contributed by atoms with Crippen LogP contribution in [0, 0.1) is 0 Å². The Morgan fingerprint density at radius 3 is 3.08 bits per heavy atom. The molecule has 1 N–H and O–H groups in total. The fraction of sp³-hybridized carbons (Fsp3) is 0. The number of carboxylic acid groups (broad SMARTS) is 1. The third kappa shape index (κ3) is 1.06. The SMILES string of the molecule is O=C([O-])c1n[nH]n2ccc(=O)nc12. The Labute approximate surface area is 70.6 Å². The fourth-order valence-corrected chi connectivity index (χ4v) is 0.943. The predicted octanol–water partition coefficient (Wildman–Crippen LogP) is -2.22. The van der Waals surface area contributed by atoms with E-state index in [1.54, 1.807) is 0 Å². The van der Waals surface area contributed by atoms with Crippen molar-refractivity contribution >= 4 is 11.6 Å². The second-order valence-electron chi connectivity index (χ2n) is 2.31. The number of carboxylic acids is 1. The highest BCUT2D eigenvalue weighted by Crippen LogP contribution is 1.98. The molecule has 0 aliphatic rings. The van der Waals surface area contributed by atoms with E-state index >= 15 is 0 Å². The van der Waals surface area contributed by atoms with Crippen LogP contribution in [-0.4, -0.2) is 25.8 Å². The Morgan fingerprint density at radius 2 is 2.38 bits per heavy atom. The summed E-state index contributed by atoms with van der Waals surface area (Å²) in [6, 6.07) is 1.18. The molecule has 2 heterocycles. The van der Waals surface area contributed by atoms with Gasteiger partial charge in [0.2, 0.25) is 0 Å². The molecule has 2 rings (SSSR count). The van der Waals surface area contributed by atoms with Crippen molar-refractivity contribution in [2.75, 3.05) is 0 Å².